The molecule has 5 nitrogen and oxygen atoms in total. The fourth-order valence-corrected chi connectivity index (χ4v) is 2.82. The number of carbonyl (C=O) groups is 1. The third-order valence-electron chi connectivity index (χ3n) is 2.54. The number of fused-ring (bicyclic) bond motifs is 1. The first-order valence-corrected chi connectivity index (χ1v) is 6.66. The molecule has 2 rings (SSSR count). The number of carbonyl (C=O) groups excluding carboxylic acids is 1. The highest BCUT2D eigenvalue weighted by Crippen LogP contribution is 2.39. The lowest BCUT2D eigenvalue weighted by Crippen LogP contribution is -2.29. The van der Waals surface area contributed by atoms with Crippen molar-refractivity contribution >= 4 is 27.3 Å². The highest BCUT2D eigenvalue weighted by molar-refractivity contribution is 7.21. The molecule has 6 heteroatoms. The van der Waals surface area contributed by atoms with Crippen molar-refractivity contribution in [1.82, 2.24) is 5.43 Å². The summed E-state index contributed by atoms with van der Waals surface area (Å²) >= 11 is 1.33. The summed E-state index contributed by atoms with van der Waals surface area (Å²) in [6, 6.07) is 5.60. The fraction of sp³-hybridized carbons (Fsp3) is 0.308. The van der Waals surface area contributed by atoms with Crippen molar-refractivity contribution in [3.8, 4) is 11.5 Å². The van der Waals surface area contributed by atoms with Crippen molar-refractivity contribution in [1.29, 1.82) is 0 Å². The molecule has 1 amide bonds. The molecule has 0 aliphatic heterocycles. The zero-order valence-electron chi connectivity index (χ0n) is 11.0. The summed E-state index contributed by atoms with van der Waals surface area (Å²) in [6.45, 7) is 3.83. The number of amides is 1. The molecule has 0 fully saturated rings. The van der Waals surface area contributed by atoms with E-state index < -0.39 is 0 Å². The molecule has 19 heavy (non-hydrogen) atoms. The van der Waals surface area contributed by atoms with E-state index >= 15 is 0 Å². The number of nitrogens with two attached hydrogens (primary N) is 1. The van der Waals surface area contributed by atoms with Crippen LogP contribution >= 0.6 is 11.3 Å². The van der Waals surface area contributed by atoms with Crippen LogP contribution in [0.2, 0.25) is 0 Å². The number of rotatable bonds is 4. The van der Waals surface area contributed by atoms with Crippen molar-refractivity contribution in [2.24, 2.45) is 5.84 Å². The largest absolute Gasteiger partial charge is 0.497 e. The zero-order chi connectivity index (χ0) is 14.0. The van der Waals surface area contributed by atoms with E-state index in [0.717, 1.165) is 15.8 Å². The summed E-state index contributed by atoms with van der Waals surface area (Å²) in [5.74, 6) is 6.17. The summed E-state index contributed by atoms with van der Waals surface area (Å²) in [6.07, 6.45) is -0.0239. The predicted octanol–water partition coefficient (Wildman–Crippen LogP) is 2.30. The Hall–Kier alpha value is -1.79. The van der Waals surface area contributed by atoms with Crippen LogP contribution in [0, 0.1) is 0 Å². The highest BCUT2D eigenvalue weighted by Gasteiger charge is 2.20. The van der Waals surface area contributed by atoms with E-state index in [0.29, 0.717) is 10.6 Å². The predicted molar refractivity (Wildman–Crippen MR) is 75.8 cm³/mol. The number of ether oxygens (including phenoxy) is 2. The Morgan fingerprint density at radius 3 is 2.74 bits per heavy atom. The Bertz CT molecular complexity index is 607. The number of thiophene rings is 1. The second-order valence-corrected chi connectivity index (χ2v) is 5.31. The first kappa shape index (κ1) is 13.6. The molecule has 102 valence electrons. The number of hydrogen-bond donors (Lipinski definition) is 2. The van der Waals surface area contributed by atoms with Crippen molar-refractivity contribution in [2.45, 2.75) is 20.0 Å². The van der Waals surface area contributed by atoms with Gasteiger partial charge in [0.25, 0.3) is 5.91 Å². The van der Waals surface area contributed by atoms with Crippen molar-refractivity contribution < 1.29 is 14.3 Å². The van der Waals surface area contributed by atoms with Gasteiger partial charge in [-0.05, 0) is 32.0 Å². The average Bonchev–Trinajstić information content (AvgIpc) is 2.75. The summed E-state index contributed by atoms with van der Waals surface area (Å²) in [5, 5.41) is 0.887. The van der Waals surface area contributed by atoms with Gasteiger partial charge < -0.3 is 9.47 Å². The maximum Gasteiger partial charge on any atom is 0.279 e. The van der Waals surface area contributed by atoms with Crippen LogP contribution in [0.3, 0.4) is 0 Å². The third-order valence-corrected chi connectivity index (χ3v) is 3.68. The molecule has 1 aromatic carbocycles. The third kappa shape index (κ3) is 2.64. The fourth-order valence-electron chi connectivity index (χ4n) is 1.75. The Morgan fingerprint density at radius 1 is 1.42 bits per heavy atom. The van der Waals surface area contributed by atoms with E-state index in [9.17, 15) is 4.79 Å². The van der Waals surface area contributed by atoms with Gasteiger partial charge in [0.1, 0.15) is 10.6 Å². The molecule has 0 bridgehead atoms. The standard InChI is InChI=1S/C13H16N2O3S/c1-7(2)18-11-9-5-4-8(17-3)6-10(9)19-12(11)13(16)15-14/h4-7H,14H2,1-3H3,(H,15,16). The van der Waals surface area contributed by atoms with Gasteiger partial charge in [-0.2, -0.15) is 0 Å². The maximum absolute atomic E-state index is 11.8. The molecule has 3 N–H and O–H groups in total. The monoisotopic (exact) mass is 280 g/mol. The molecule has 0 aliphatic carbocycles. The normalized spacial score (nSPS) is 10.8. The quantitative estimate of drug-likeness (QED) is 0.512. The van der Waals surface area contributed by atoms with Crippen LogP contribution < -0.4 is 20.7 Å². The summed E-state index contributed by atoms with van der Waals surface area (Å²) in [4.78, 5) is 12.3. The molecule has 0 saturated carbocycles. The molecule has 0 atom stereocenters. The van der Waals surface area contributed by atoms with Gasteiger partial charge in [-0.1, -0.05) is 0 Å². The van der Waals surface area contributed by atoms with Crippen molar-refractivity contribution in [2.75, 3.05) is 7.11 Å². The van der Waals surface area contributed by atoms with E-state index in [1.54, 1.807) is 7.11 Å². The van der Waals surface area contributed by atoms with Gasteiger partial charge in [0.2, 0.25) is 0 Å². The van der Waals surface area contributed by atoms with Crippen LogP contribution in [0.1, 0.15) is 23.5 Å². The average molecular weight is 280 g/mol. The lowest BCUT2D eigenvalue weighted by molar-refractivity contribution is 0.0953. The minimum absolute atomic E-state index is 0.0239. The van der Waals surface area contributed by atoms with E-state index in [1.807, 2.05) is 32.0 Å². The topological polar surface area (TPSA) is 73.6 Å². The van der Waals surface area contributed by atoms with Crippen LogP contribution in [0.5, 0.6) is 11.5 Å². The first-order chi connectivity index (χ1) is 9.06. The Balaban J connectivity index is 2.61. The van der Waals surface area contributed by atoms with Crippen LogP contribution in [0.15, 0.2) is 18.2 Å². The SMILES string of the molecule is COc1ccc2c(OC(C)C)c(C(=O)NN)sc2c1. The van der Waals surface area contributed by atoms with Crippen molar-refractivity contribution in [3.63, 3.8) is 0 Å². The lowest BCUT2D eigenvalue weighted by Gasteiger charge is -2.10. The van der Waals surface area contributed by atoms with Crippen molar-refractivity contribution in [3.05, 3.63) is 23.1 Å². The molecular formula is C13H16N2O3S. The van der Waals surface area contributed by atoms with E-state index in [-0.39, 0.29) is 12.0 Å². The summed E-state index contributed by atoms with van der Waals surface area (Å²) < 4.78 is 11.9. The molecule has 1 heterocycles. The summed E-state index contributed by atoms with van der Waals surface area (Å²) in [7, 11) is 1.60. The number of benzene rings is 1. The number of nitrogens with one attached hydrogen (secondary N) is 1. The summed E-state index contributed by atoms with van der Waals surface area (Å²) in [5.41, 5.74) is 2.14. The Labute approximate surface area is 115 Å². The number of methoxy groups -OCH3 is 1. The number of hydrazine groups is 1. The molecule has 2 aromatic rings. The number of hydrogen-bond acceptors (Lipinski definition) is 5. The lowest BCUT2D eigenvalue weighted by atomic mass is 10.2. The molecule has 0 spiro atoms. The minimum atomic E-state index is -0.351. The Morgan fingerprint density at radius 2 is 2.16 bits per heavy atom. The smallest absolute Gasteiger partial charge is 0.279 e. The second-order valence-electron chi connectivity index (χ2n) is 4.26. The molecule has 0 aliphatic rings. The van der Waals surface area contributed by atoms with Gasteiger partial charge in [0.05, 0.1) is 13.2 Å². The molecular weight excluding hydrogens is 264 g/mol. The van der Waals surface area contributed by atoms with Gasteiger partial charge >= 0.3 is 0 Å². The minimum Gasteiger partial charge on any atom is -0.497 e. The molecule has 0 unspecified atom stereocenters. The van der Waals surface area contributed by atoms with Crippen LogP contribution in [-0.2, 0) is 0 Å². The first-order valence-electron chi connectivity index (χ1n) is 5.85. The zero-order valence-corrected chi connectivity index (χ0v) is 11.8. The van der Waals surface area contributed by atoms with Gasteiger partial charge in [0, 0.05) is 10.1 Å². The van der Waals surface area contributed by atoms with E-state index in [4.69, 9.17) is 15.3 Å². The number of nitrogen functional groups attached to an aromatic ring is 1. The Kier molecular flexibility index (Phi) is 3.92. The molecule has 0 saturated heterocycles. The molecule has 1 aromatic heterocycles. The van der Waals surface area contributed by atoms with Gasteiger partial charge in [-0.3, -0.25) is 10.2 Å². The van der Waals surface area contributed by atoms with Crippen LogP contribution in [0.25, 0.3) is 10.1 Å². The second kappa shape index (κ2) is 5.46. The van der Waals surface area contributed by atoms with Gasteiger partial charge in [-0.15, -0.1) is 11.3 Å². The highest BCUT2D eigenvalue weighted by atomic mass is 32.1. The van der Waals surface area contributed by atoms with Gasteiger partial charge in [0.15, 0.2) is 5.75 Å². The molecule has 0 radical (unpaired) electrons. The van der Waals surface area contributed by atoms with Crippen LogP contribution in [-0.4, -0.2) is 19.1 Å². The van der Waals surface area contributed by atoms with E-state index in [2.05, 4.69) is 5.43 Å². The maximum atomic E-state index is 11.8. The van der Waals surface area contributed by atoms with Crippen LogP contribution in [0.4, 0.5) is 0 Å². The van der Waals surface area contributed by atoms with Gasteiger partial charge in [-0.25, -0.2) is 5.84 Å². The van der Waals surface area contributed by atoms with E-state index in [1.165, 1.54) is 11.3 Å².